The predicted molar refractivity (Wildman–Crippen MR) is 133 cm³/mol. The fourth-order valence-corrected chi connectivity index (χ4v) is 11.2. The first-order chi connectivity index (χ1) is 15.6. The molecule has 5 rings (SSSR count). The van der Waals surface area contributed by atoms with Gasteiger partial charge in [-0.3, -0.25) is 9.59 Å². The summed E-state index contributed by atoms with van der Waals surface area (Å²) in [4.78, 5) is 25.1. The first-order valence-electron chi connectivity index (χ1n) is 14.0. The van der Waals surface area contributed by atoms with E-state index in [1.165, 1.54) is 12.8 Å². The molecule has 5 fully saturated rings. The quantitative estimate of drug-likeness (QED) is 0.457. The van der Waals surface area contributed by atoms with Crippen LogP contribution in [0.25, 0.3) is 0 Å². The SMILES string of the molecule is C[C@H]1C(=O)[C@H](O)CC2[C@]3(C)CC[C@@]4(C)C5C[C@](C)(C(=O)O)CC[C@]5(C)CC[C@]4(C)C3CC[C@@]21C. The third kappa shape index (κ3) is 2.81. The Morgan fingerprint density at radius 2 is 1.38 bits per heavy atom. The summed E-state index contributed by atoms with van der Waals surface area (Å²) in [5.41, 5.74) is 0.0155. The van der Waals surface area contributed by atoms with E-state index in [0.29, 0.717) is 24.2 Å². The molecule has 0 amide bonds. The lowest BCUT2D eigenvalue weighted by Gasteiger charge is -2.74. The number of aliphatic carboxylic acids is 1. The van der Waals surface area contributed by atoms with Gasteiger partial charge in [0.25, 0.3) is 0 Å². The van der Waals surface area contributed by atoms with Crippen molar-refractivity contribution in [2.24, 2.45) is 56.2 Å². The zero-order chi connectivity index (χ0) is 25.1. The molecular weight excluding hydrogens is 424 g/mol. The molecule has 192 valence electrons. The van der Waals surface area contributed by atoms with E-state index in [2.05, 4.69) is 41.5 Å². The number of carbonyl (C=O) groups excluding carboxylic acids is 1. The number of fused-ring (bicyclic) bond motifs is 7. The van der Waals surface area contributed by atoms with Gasteiger partial charge in [0.15, 0.2) is 5.78 Å². The topological polar surface area (TPSA) is 74.6 Å². The monoisotopic (exact) mass is 472 g/mol. The molecule has 0 radical (unpaired) electrons. The highest BCUT2D eigenvalue weighted by molar-refractivity contribution is 5.86. The van der Waals surface area contributed by atoms with Gasteiger partial charge >= 0.3 is 5.97 Å². The molecule has 0 aromatic rings. The zero-order valence-electron chi connectivity index (χ0n) is 22.7. The molecule has 5 aliphatic rings. The molecular formula is C30H48O4. The van der Waals surface area contributed by atoms with E-state index < -0.39 is 17.5 Å². The highest BCUT2D eigenvalue weighted by atomic mass is 16.4. The highest BCUT2D eigenvalue weighted by Crippen LogP contribution is 2.78. The molecule has 5 saturated carbocycles. The summed E-state index contributed by atoms with van der Waals surface area (Å²) >= 11 is 0. The molecule has 34 heavy (non-hydrogen) atoms. The molecule has 0 aliphatic heterocycles. The van der Waals surface area contributed by atoms with Gasteiger partial charge in [0.05, 0.1) is 5.41 Å². The van der Waals surface area contributed by atoms with E-state index in [0.717, 1.165) is 44.9 Å². The molecule has 5 aliphatic carbocycles. The van der Waals surface area contributed by atoms with Crippen LogP contribution in [-0.2, 0) is 9.59 Å². The van der Waals surface area contributed by atoms with Crippen molar-refractivity contribution in [3.63, 3.8) is 0 Å². The van der Waals surface area contributed by atoms with Crippen LogP contribution in [-0.4, -0.2) is 28.1 Å². The maximum atomic E-state index is 12.8. The normalized spacial score (nSPS) is 59.3. The van der Waals surface area contributed by atoms with Gasteiger partial charge in [0.1, 0.15) is 6.10 Å². The van der Waals surface area contributed by atoms with Crippen molar-refractivity contribution in [2.75, 3.05) is 0 Å². The Morgan fingerprint density at radius 3 is 2.03 bits per heavy atom. The van der Waals surface area contributed by atoms with Crippen LogP contribution in [0.2, 0.25) is 0 Å². The molecule has 0 heterocycles. The average Bonchev–Trinajstić information content (AvgIpc) is 2.77. The molecule has 0 saturated heterocycles. The van der Waals surface area contributed by atoms with Gasteiger partial charge in [0, 0.05) is 5.92 Å². The number of ketones is 1. The van der Waals surface area contributed by atoms with Gasteiger partial charge in [-0.25, -0.2) is 0 Å². The van der Waals surface area contributed by atoms with Gasteiger partial charge < -0.3 is 10.2 Å². The number of rotatable bonds is 1. The minimum atomic E-state index is -0.811. The second kappa shape index (κ2) is 7.11. The number of carboxylic acid groups (broad SMARTS) is 1. The van der Waals surface area contributed by atoms with Gasteiger partial charge in [0.2, 0.25) is 0 Å². The third-order valence-electron chi connectivity index (χ3n) is 14.1. The van der Waals surface area contributed by atoms with Crippen molar-refractivity contribution in [1.29, 1.82) is 0 Å². The number of hydrogen-bond donors (Lipinski definition) is 2. The fraction of sp³-hybridized carbons (Fsp3) is 0.933. The van der Waals surface area contributed by atoms with Gasteiger partial charge in [-0.05, 0) is 116 Å². The number of carboxylic acids is 1. The Kier molecular flexibility index (Phi) is 5.18. The Morgan fingerprint density at radius 1 is 0.794 bits per heavy atom. The van der Waals surface area contributed by atoms with Crippen molar-refractivity contribution >= 4 is 11.8 Å². The highest BCUT2D eigenvalue weighted by Gasteiger charge is 2.71. The maximum absolute atomic E-state index is 12.8. The molecule has 0 aromatic carbocycles. The van der Waals surface area contributed by atoms with Crippen LogP contribution in [0.1, 0.15) is 113 Å². The molecule has 0 bridgehead atoms. The summed E-state index contributed by atoms with van der Waals surface area (Å²) in [6.07, 6.45) is 9.36. The van der Waals surface area contributed by atoms with Crippen LogP contribution in [0.3, 0.4) is 0 Å². The minimum absolute atomic E-state index is 0.0262. The van der Waals surface area contributed by atoms with Gasteiger partial charge in [-0.2, -0.15) is 0 Å². The van der Waals surface area contributed by atoms with Crippen LogP contribution in [0, 0.1) is 56.2 Å². The summed E-state index contributed by atoms with van der Waals surface area (Å²) in [5, 5.41) is 20.9. The van der Waals surface area contributed by atoms with Crippen molar-refractivity contribution in [2.45, 2.75) is 119 Å². The number of aliphatic hydroxyl groups is 1. The first-order valence-corrected chi connectivity index (χ1v) is 14.0. The van der Waals surface area contributed by atoms with Crippen LogP contribution < -0.4 is 0 Å². The molecule has 2 N–H and O–H groups in total. The minimum Gasteiger partial charge on any atom is -0.481 e. The van der Waals surface area contributed by atoms with Crippen LogP contribution in [0.15, 0.2) is 0 Å². The van der Waals surface area contributed by atoms with Gasteiger partial charge in [-0.15, -0.1) is 0 Å². The van der Waals surface area contributed by atoms with E-state index in [4.69, 9.17) is 0 Å². The van der Waals surface area contributed by atoms with Crippen molar-refractivity contribution in [3.8, 4) is 0 Å². The molecule has 3 unspecified atom stereocenters. The summed E-state index contributed by atoms with van der Waals surface area (Å²) in [7, 11) is 0. The number of Topliss-reactive ketones (excluding diaryl/α,β-unsaturated/α-hetero) is 1. The Labute approximate surface area is 206 Å². The van der Waals surface area contributed by atoms with Gasteiger partial charge in [-0.1, -0.05) is 41.5 Å². The van der Waals surface area contributed by atoms with E-state index >= 15 is 0 Å². The lowest BCUT2D eigenvalue weighted by Crippen LogP contribution is -2.68. The average molecular weight is 473 g/mol. The molecule has 0 spiro atoms. The summed E-state index contributed by atoms with van der Waals surface area (Å²) in [6, 6.07) is 0. The second-order valence-electron chi connectivity index (χ2n) is 15.1. The molecule has 11 atom stereocenters. The van der Waals surface area contributed by atoms with E-state index in [9.17, 15) is 19.8 Å². The Balaban J connectivity index is 1.55. The summed E-state index contributed by atoms with van der Waals surface area (Å²) in [5.74, 6) is 0.720. The smallest absolute Gasteiger partial charge is 0.309 e. The van der Waals surface area contributed by atoms with E-state index in [-0.39, 0.29) is 38.8 Å². The largest absolute Gasteiger partial charge is 0.481 e. The van der Waals surface area contributed by atoms with Crippen LogP contribution >= 0.6 is 0 Å². The Hall–Kier alpha value is -0.900. The van der Waals surface area contributed by atoms with E-state index in [1.807, 2.05) is 6.92 Å². The predicted octanol–water partition coefficient (Wildman–Crippen LogP) is 6.49. The zero-order valence-corrected chi connectivity index (χ0v) is 22.7. The lowest BCUT2D eigenvalue weighted by molar-refractivity contribution is -0.260. The standard InChI is InChI=1S/C30H48O4/c1-18-23(32)19(31)16-21-27(18,4)9-8-20-28(21,5)13-15-30(7)22-17-26(3,24(33)34)11-10-25(22,2)12-14-29(20,30)6/h18-22,31H,8-17H2,1-7H3,(H,33,34)/t18-,19+,20?,21?,22?,25+,26+,27+,28+,29+,30-/m0/s1. The Bertz CT molecular complexity index is 913. The second-order valence-corrected chi connectivity index (χ2v) is 15.1. The molecule has 4 nitrogen and oxygen atoms in total. The van der Waals surface area contributed by atoms with Crippen molar-refractivity contribution < 1.29 is 19.8 Å². The first kappa shape index (κ1) is 24.8. The molecule has 0 aromatic heterocycles. The third-order valence-corrected chi connectivity index (χ3v) is 14.1. The van der Waals surface area contributed by atoms with Crippen molar-refractivity contribution in [1.82, 2.24) is 0 Å². The van der Waals surface area contributed by atoms with Crippen LogP contribution in [0.5, 0.6) is 0 Å². The van der Waals surface area contributed by atoms with Crippen LogP contribution in [0.4, 0.5) is 0 Å². The summed E-state index contributed by atoms with van der Waals surface area (Å²) < 4.78 is 0. The fourth-order valence-electron chi connectivity index (χ4n) is 11.2. The lowest BCUT2D eigenvalue weighted by atomic mass is 9.30. The number of hydrogen-bond acceptors (Lipinski definition) is 3. The summed E-state index contributed by atoms with van der Waals surface area (Å²) in [6.45, 7) is 16.4. The maximum Gasteiger partial charge on any atom is 0.309 e. The molecule has 4 heteroatoms. The number of aliphatic hydroxyl groups excluding tert-OH is 1. The number of carbonyl (C=O) groups is 2. The van der Waals surface area contributed by atoms with Crippen molar-refractivity contribution in [3.05, 3.63) is 0 Å². The van der Waals surface area contributed by atoms with E-state index in [1.54, 1.807) is 0 Å².